The molecule has 0 unspecified atom stereocenters. The molecule has 1 aromatic rings. The van der Waals surface area contributed by atoms with E-state index in [0.717, 1.165) is 26.4 Å². The van der Waals surface area contributed by atoms with Crippen molar-refractivity contribution in [3.8, 4) is 12.3 Å². The number of halogens is 1. The van der Waals surface area contributed by atoms with Gasteiger partial charge in [-0.2, -0.15) is 0 Å². The average Bonchev–Trinajstić information content (AvgIpc) is 2.47. The molecule has 1 aromatic carbocycles. The van der Waals surface area contributed by atoms with Crippen LogP contribution in [0.2, 0.25) is 0 Å². The van der Waals surface area contributed by atoms with Gasteiger partial charge in [0.1, 0.15) is 11.5 Å². The Morgan fingerprint density at radius 2 is 2.05 bits per heavy atom. The second-order valence-electron chi connectivity index (χ2n) is 3.54. The summed E-state index contributed by atoms with van der Waals surface area (Å²) in [5.74, 6) is -0.00740. The lowest BCUT2D eigenvalue weighted by molar-refractivity contribution is -0.138. The van der Waals surface area contributed by atoms with E-state index in [1.54, 1.807) is 0 Å². The maximum Gasteiger partial charge on any atom is 0.354 e. The number of anilines is 1. The van der Waals surface area contributed by atoms with E-state index in [2.05, 4.69) is 20.7 Å². The van der Waals surface area contributed by atoms with Crippen molar-refractivity contribution in [2.75, 3.05) is 19.5 Å². The standard InChI is InChI=1S/C14H12FNO4/c1-4-9-5-6-11(10(15)7-9)16-12(14(18)20-3)8-13(17)19-2/h1,5-8,16H,2-3H3/b12-8+. The molecular formula is C14H12FNO4. The maximum atomic E-state index is 13.7. The van der Waals surface area contributed by atoms with E-state index < -0.39 is 17.8 Å². The number of ether oxygens (including phenoxy) is 2. The molecule has 1 N–H and O–H groups in total. The normalized spacial score (nSPS) is 10.4. The molecule has 104 valence electrons. The van der Waals surface area contributed by atoms with Crippen LogP contribution in [-0.2, 0) is 19.1 Å². The highest BCUT2D eigenvalue weighted by atomic mass is 19.1. The first-order chi connectivity index (χ1) is 9.51. The van der Waals surface area contributed by atoms with Crippen LogP contribution in [0.4, 0.5) is 10.1 Å². The smallest absolute Gasteiger partial charge is 0.354 e. The van der Waals surface area contributed by atoms with Gasteiger partial charge in [-0.3, -0.25) is 0 Å². The number of terminal acetylenes is 1. The highest BCUT2D eigenvalue weighted by Crippen LogP contribution is 2.17. The van der Waals surface area contributed by atoms with Gasteiger partial charge in [-0.15, -0.1) is 6.42 Å². The molecular weight excluding hydrogens is 265 g/mol. The van der Waals surface area contributed by atoms with E-state index in [-0.39, 0.29) is 11.4 Å². The summed E-state index contributed by atoms with van der Waals surface area (Å²) in [6, 6.07) is 3.95. The van der Waals surface area contributed by atoms with Crippen LogP contribution in [0.3, 0.4) is 0 Å². The first-order valence-electron chi connectivity index (χ1n) is 5.43. The van der Waals surface area contributed by atoms with Crippen molar-refractivity contribution in [1.29, 1.82) is 0 Å². The van der Waals surface area contributed by atoms with Crippen molar-refractivity contribution in [2.24, 2.45) is 0 Å². The Morgan fingerprint density at radius 3 is 2.55 bits per heavy atom. The van der Waals surface area contributed by atoms with Crippen LogP contribution < -0.4 is 5.32 Å². The zero-order chi connectivity index (χ0) is 15.1. The fraction of sp³-hybridized carbons (Fsp3) is 0.143. The van der Waals surface area contributed by atoms with Crippen LogP contribution in [0.15, 0.2) is 30.0 Å². The predicted octanol–water partition coefficient (Wildman–Crippen LogP) is 1.45. The first-order valence-corrected chi connectivity index (χ1v) is 5.43. The van der Waals surface area contributed by atoms with E-state index in [9.17, 15) is 14.0 Å². The Morgan fingerprint density at radius 1 is 1.35 bits per heavy atom. The number of benzene rings is 1. The molecule has 0 radical (unpaired) electrons. The van der Waals surface area contributed by atoms with Crippen LogP contribution in [0.25, 0.3) is 0 Å². The quantitative estimate of drug-likeness (QED) is 0.512. The second kappa shape index (κ2) is 6.95. The fourth-order valence-corrected chi connectivity index (χ4v) is 1.28. The van der Waals surface area contributed by atoms with Crippen molar-refractivity contribution in [3.63, 3.8) is 0 Å². The van der Waals surface area contributed by atoms with E-state index in [0.29, 0.717) is 5.56 Å². The number of carbonyl (C=O) groups is 2. The molecule has 1 rings (SSSR count). The number of hydrogen-bond acceptors (Lipinski definition) is 5. The third kappa shape index (κ3) is 3.85. The highest BCUT2D eigenvalue weighted by molar-refractivity contribution is 5.98. The van der Waals surface area contributed by atoms with Gasteiger partial charge in [0.05, 0.1) is 26.0 Å². The maximum absolute atomic E-state index is 13.7. The number of carbonyl (C=O) groups excluding carboxylic acids is 2. The van der Waals surface area contributed by atoms with Crippen molar-refractivity contribution in [2.45, 2.75) is 0 Å². The molecule has 0 saturated carbocycles. The Kier molecular flexibility index (Phi) is 5.30. The third-order valence-corrected chi connectivity index (χ3v) is 2.27. The summed E-state index contributed by atoms with van der Waals surface area (Å²) >= 11 is 0. The van der Waals surface area contributed by atoms with Crippen LogP contribution in [0, 0.1) is 18.2 Å². The van der Waals surface area contributed by atoms with Crippen LogP contribution in [-0.4, -0.2) is 26.2 Å². The number of esters is 2. The van der Waals surface area contributed by atoms with Crippen LogP contribution in [0.1, 0.15) is 5.56 Å². The van der Waals surface area contributed by atoms with Gasteiger partial charge >= 0.3 is 11.9 Å². The third-order valence-electron chi connectivity index (χ3n) is 2.27. The first kappa shape index (κ1) is 15.2. The highest BCUT2D eigenvalue weighted by Gasteiger charge is 2.14. The Balaban J connectivity index is 3.08. The number of nitrogens with one attached hydrogen (secondary N) is 1. The number of rotatable bonds is 4. The average molecular weight is 277 g/mol. The second-order valence-corrected chi connectivity index (χ2v) is 3.54. The van der Waals surface area contributed by atoms with Gasteiger partial charge in [-0.05, 0) is 18.2 Å². The van der Waals surface area contributed by atoms with Crippen molar-refractivity contribution in [3.05, 3.63) is 41.4 Å². The molecule has 0 aliphatic rings. The predicted molar refractivity (Wildman–Crippen MR) is 70.1 cm³/mol. The summed E-state index contributed by atoms with van der Waals surface area (Å²) in [6.07, 6.45) is 6.00. The Labute approximate surface area is 115 Å². The van der Waals surface area contributed by atoms with Gasteiger partial charge in [0.25, 0.3) is 0 Å². The number of hydrogen-bond donors (Lipinski definition) is 1. The lowest BCUT2D eigenvalue weighted by Gasteiger charge is -2.10. The summed E-state index contributed by atoms with van der Waals surface area (Å²) in [5.41, 5.74) is 0.0703. The largest absolute Gasteiger partial charge is 0.466 e. The zero-order valence-electron chi connectivity index (χ0n) is 10.9. The summed E-state index contributed by atoms with van der Waals surface area (Å²) in [6.45, 7) is 0. The lowest BCUT2D eigenvalue weighted by atomic mass is 10.2. The Hall–Kier alpha value is -2.81. The molecule has 0 heterocycles. The topological polar surface area (TPSA) is 64.6 Å². The molecule has 5 nitrogen and oxygen atoms in total. The van der Waals surface area contributed by atoms with Gasteiger partial charge in [0.2, 0.25) is 0 Å². The van der Waals surface area contributed by atoms with E-state index in [1.807, 2.05) is 0 Å². The zero-order valence-corrected chi connectivity index (χ0v) is 10.9. The lowest BCUT2D eigenvalue weighted by Crippen LogP contribution is -2.16. The van der Waals surface area contributed by atoms with E-state index in [4.69, 9.17) is 6.42 Å². The van der Waals surface area contributed by atoms with Crippen LogP contribution >= 0.6 is 0 Å². The van der Waals surface area contributed by atoms with Gasteiger partial charge < -0.3 is 14.8 Å². The minimum atomic E-state index is -0.837. The van der Waals surface area contributed by atoms with Crippen molar-refractivity contribution in [1.82, 2.24) is 0 Å². The SMILES string of the molecule is C#Cc1ccc(N/C(=C/C(=O)OC)C(=O)OC)c(F)c1. The van der Waals surface area contributed by atoms with E-state index >= 15 is 0 Å². The summed E-state index contributed by atoms with van der Waals surface area (Å²) in [4.78, 5) is 22.6. The molecule has 0 amide bonds. The molecule has 0 spiro atoms. The minimum absolute atomic E-state index is 0.0236. The summed E-state index contributed by atoms with van der Waals surface area (Å²) in [7, 11) is 2.28. The molecule has 0 fully saturated rings. The van der Waals surface area contributed by atoms with Crippen LogP contribution in [0.5, 0.6) is 0 Å². The molecule has 20 heavy (non-hydrogen) atoms. The van der Waals surface area contributed by atoms with Gasteiger partial charge in [-0.1, -0.05) is 5.92 Å². The van der Waals surface area contributed by atoms with Gasteiger partial charge in [0, 0.05) is 5.56 Å². The fourth-order valence-electron chi connectivity index (χ4n) is 1.28. The monoisotopic (exact) mass is 277 g/mol. The number of methoxy groups -OCH3 is 2. The summed E-state index contributed by atoms with van der Waals surface area (Å²) < 4.78 is 22.6. The minimum Gasteiger partial charge on any atom is -0.466 e. The molecule has 0 atom stereocenters. The molecule has 0 saturated heterocycles. The molecule has 0 aliphatic carbocycles. The summed E-state index contributed by atoms with van der Waals surface area (Å²) in [5, 5.41) is 2.46. The molecule has 0 aliphatic heterocycles. The van der Waals surface area contributed by atoms with Crippen molar-refractivity contribution < 1.29 is 23.5 Å². The van der Waals surface area contributed by atoms with Gasteiger partial charge in [-0.25, -0.2) is 14.0 Å². The Bertz CT molecular complexity index is 602. The van der Waals surface area contributed by atoms with E-state index in [1.165, 1.54) is 12.1 Å². The molecule has 0 bridgehead atoms. The molecule has 0 aromatic heterocycles. The molecule has 6 heteroatoms. The van der Waals surface area contributed by atoms with Gasteiger partial charge in [0.15, 0.2) is 0 Å². The van der Waals surface area contributed by atoms with Crippen molar-refractivity contribution >= 4 is 17.6 Å².